The van der Waals surface area contributed by atoms with Crippen molar-refractivity contribution < 1.29 is 4.79 Å². The van der Waals surface area contributed by atoms with E-state index in [1.54, 1.807) is 0 Å². The molecule has 0 aliphatic rings. The molecule has 0 aromatic heterocycles. The first-order valence-corrected chi connectivity index (χ1v) is 6.54. The zero-order chi connectivity index (χ0) is 13.8. The molecule has 2 aromatic carbocycles. The summed E-state index contributed by atoms with van der Waals surface area (Å²) in [7, 11) is 0. The van der Waals surface area contributed by atoms with E-state index in [1.807, 2.05) is 56.3 Å². The summed E-state index contributed by atoms with van der Waals surface area (Å²) in [5.41, 5.74) is 3.76. The summed E-state index contributed by atoms with van der Waals surface area (Å²) in [6.07, 6.45) is 0. The molecule has 2 rings (SSSR count). The highest BCUT2D eigenvalue weighted by atomic mass is 35.5. The van der Waals surface area contributed by atoms with Crippen LogP contribution in [0.25, 0.3) is 0 Å². The van der Waals surface area contributed by atoms with Crippen molar-refractivity contribution in [3.05, 3.63) is 69.7 Å². The molecule has 0 saturated heterocycles. The highest BCUT2D eigenvalue weighted by molar-refractivity contribution is 6.31. The Morgan fingerprint density at radius 2 is 1.89 bits per heavy atom. The molecular formula is C16H16ClNO. The molecule has 1 amide bonds. The van der Waals surface area contributed by atoms with Crippen LogP contribution >= 0.6 is 11.6 Å². The maximum absolute atomic E-state index is 12.1. The van der Waals surface area contributed by atoms with Gasteiger partial charge in [-0.2, -0.15) is 0 Å². The summed E-state index contributed by atoms with van der Waals surface area (Å²) in [6.45, 7) is 4.39. The third-order valence-electron chi connectivity index (χ3n) is 3.02. The number of carbonyl (C=O) groups is 1. The molecule has 0 bridgehead atoms. The summed E-state index contributed by atoms with van der Waals surface area (Å²) in [5.74, 6) is -0.0718. The normalized spacial score (nSPS) is 10.3. The number of benzene rings is 2. The summed E-state index contributed by atoms with van der Waals surface area (Å²) < 4.78 is 0. The van der Waals surface area contributed by atoms with Gasteiger partial charge in [0.1, 0.15) is 0 Å². The predicted molar refractivity (Wildman–Crippen MR) is 78.5 cm³/mol. The Kier molecular flexibility index (Phi) is 4.23. The third kappa shape index (κ3) is 3.36. The average Bonchev–Trinajstić information content (AvgIpc) is 2.37. The lowest BCUT2D eigenvalue weighted by Gasteiger charge is -2.09. The number of carbonyl (C=O) groups excluding carboxylic acids is 1. The SMILES string of the molecule is Cc1ccc(C(=O)NCc2ccccc2Cl)c(C)c1. The van der Waals surface area contributed by atoms with Crippen LogP contribution in [0.5, 0.6) is 0 Å². The first-order chi connectivity index (χ1) is 9.08. The molecule has 0 unspecified atom stereocenters. The number of hydrogen-bond donors (Lipinski definition) is 1. The Labute approximate surface area is 118 Å². The Morgan fingerprint density at radius 1 is 1.16 bits per heavy atom. The molecular weight excluding hydrogens is 258 g/mol. The molecule has 0 heterocycles. The molecule has 0 fully saturated rings. The van der Waals surface area contributed by atoms with Gasteiger partial charge in [0.2, 0.25) is 0 Å². The van der Waals surface area contributed by atoms with Gasteiger partial charge in [0.25, 0.3) is 5.91 Å². The van der Waals surface area contributed by atoms with Crippen LogP contribution in [0, 0.1) is 13.8 Å². The van der Waals surface area contributed by atoms with E-state index in [2.05, 4.69) is 5.32 Å². The first-order valence-electron chi connectivity index (χ1n) is 6.17. The second kappa shape index (κ2) is 5.89. The molecule has 2 nitrogen and oxygen atoms in total. The number of hydrogen-bond acceptors (Lipinski definition) is 1. The first kappa shape index (κ1) is 13.6. The lowest BCUT2D eigenvalue weighted by molar-refractivity contribution is 0.0950. The van der Waals surface area contributed by atoms with Gasteiger partial charge in [-0.05, 0) is 37.1 Å². The second-order valence-electron chi connectivity index (χ2n) is 4.59. The number of rotatable bonds is 3. The minimum atomic E-state index is -0.0718. The Balaban J connectivity index is 2.08. The van der Waals surface area contributed by atoms with Crippen molar-refractivity contribution in [2.45, 2.75) is 20.4 Å². The van der Waals surface area contributed by atoms with E-state index < -0.39 is 0 Å². The summed E-state index contributed by atoms with van der Waals surface area (Å²) >= 11 is 6.05. The number of halogens is 1. The van der Waals surface area contributed by atoms with E-state index in [0.29, 0.717) is 17.1 Å². The van der Waals surface area contributed by atoms with Crippen molar-refractivity contribution >= 4 is 17.5 Å². The fourth-order valence-electron chi connectivity index (χ4n) is 1.98. The number of amides is 1. The van der Waals surface area contributed by atoms with E-state index in [9.17, 15) is 4.79 Å². The van der Waals surface area contributed by atoms with Gasteiger partial charge in [-0.1, -0.05) is 47.5 Å². The van der Waals surface area contributed by atoms with Crippen LogP contribution < -0.4 is 5.32 Å². The van der Waals surface area contributed by atoms with Crippen molar-refractivity contribution in [2.24, 2.45) is 0 Å². The Hall–Kier alpha value is -1.80. The van der Waals surface area contributed by atoms with Gasteiger partial charge in [-0.3, -0.25) is 4.79 Å². The standard InChI is InChI=1S/C16H16ClNO/c1-11-7-8-14(12(2)9-11)16(19)18-10-13-5-3-4-6-15(13)17/h3-9H,10H2,1-2H3,(H,18,19). The second-order valence-corrected chi connectivity index (χ2v) is 5.00. The molecule has 19 heavy (non-hydrogen) atoms. The van der Waals surface area contributed by atoms with Gasteiger partial charge >= 0.3 is 0 Å². The van der Waals surface area contributed by atoms with Crippen molar-refractivity contribution in [2.75, 3.05) is 0 Å². The predicted octanol–water partition coefficient (Wildman–Crippen LogP) is 3.89. The molecule has 0 saturated carbocycles. The van der Waals surface area contributed by atoms with E-state index in [1.165, 1.54) is 0 Å². The van der Waals surface area contributed by atoms with Gasteiger partial charge in [-0.15, -0.1) is 0 Å². The molecule has 2 aromatic rings. The third-order valence-corrected chi connectivity index (χ3v) is 3.39. The summed E-state index contributed by atoms with van der Waals surface area (Å²) in [4.78, 5) is 12.1. The van der Waals surface area contributed by atoms with E-state index in [0.717, 1.165) is 16.7 Å². The largest absolute Gasteiger partial charge is 0.348 e. The van der Waals surface area contributed by atoms with Crippen LogP contribution in [0.1, 0.15) is 27.0 Å². The van der Waals surface area contributed by atoms with Crippen LogP contribution in [0.2, 0.25) is 5.02 Å². The summed E-state index contributed by atoms with van der Waals surface area (Å²) in [5, 5.41) is 3.56. The van der Waals surface area contributed by atoms with Gasteiger partial charge in [0.15, 0.2) is 0 Å². The van der Waals surface area contributed by atoms with Crippen molar-refractivity contribution in [1.29, 1.82) is 0 Å². The maximum Gasteiger partial charge on any atom is 0.251 e. The van der Waals surface area contributed by atoms with Gasteiger partial charge in [0, 0.05) is 17.1 Å². The van der Waals surface area contributed by atoms with Crippen LogP contribution in [-0.2, 0) is 6.54 Å². The van der Waals surface area contributed by atoms with Crippen molar-refractivity contribution in [3.8, 4) is 0 Å². The topological polar surface area (TPSA) is 29.1 Å². The zero-order valence-electron chi connectivity index (χ0n) is 11.0. The lowest BCUT2D eigenvalue weighted by Crippen LogP contribution is -2.23. The highest BCUT2D eigenvalue weighted by Crippen LogP contribution is 2.15. The number of aryl methyl sites for hydroxylation is 2. The monoisotopic (exact) mass is 273 g/mol. The quantitative estimate of drug-likeness (QED) is 0.903. The highest BCUT2D eigenvalue weighted by Gasteiger charge is 2.09. The fourth-order valence-corrected chi connectivity index (χ4v) is 2.18. The van der Waals surface area contributed by atoms with Crippen LogP contribution in [-0.4, -0.2) is 5.91 Å². The molecule has 3 heteroatoms. The minimum absolute atomic E-state index is 0.0718. The lowest BCUT2D eigenvalue weighted by atomic mass is 10.1. The molecule has 0 radical (unpaired) electrons. The van der Waals surface area contributed by atoms with E-state index >= 15 is 0 Å². The number of nitrogens with one attached hydrogen (secondary N) is 1. The van der Waals surface area contributed by atoms with E-state index in [-0.39, 0.29) is 5.91 Å². The molecule has 0 atom stereocenters. The van der Waals surface area contributed by atoms with Crippen molar-refractivity contribution in [1.82, 2.24) is 5.32 Å². The van der Waals surface area contributed by atoms with Crippen LogP contribution in [0.15, 0.2) is 42.5 Å². The fraction of sp³-hybridized carbons (Fsp3) is 0.188. The van der Waals surface area contributed by atoms with Gasteiger partial charge in [-0.25, -0.2) is 0 Å². The zero-order valence-corrected chi connectivity index (χ0v) is 11.8. The average molecular weight is 274 g/mol. The maximum atomic E-state index is 12.1. The molecule has 98 valence electrons. The van der Waals surface area contributed by atoms with Gasteiger partial charge < -0.3 is 5.32 Å². The molecule has 0 spiro atoms. The molecule has 0 aliphatic carbocycles. The molecule has 1 N–H and O–H groups in total. The van der Waals surface area contributed by atoms with Crippen LogP contribution in [0.4, 0.5) is 0 Å². The minimum Gasteiger partial charge on any atom is -0.348 e. The van der Waals surface area contributed by atoms with Crippen LogP contribution in [0.3, 0.4) is 0 Å². The van der Waals surface area contributed by atoms with Gasteiger partial charge in [0.05, 0.1) is 0 Å². The Bertz CT molecular complexity index is 607. The Morgan fingerprint density at radius 3 is 2.58 bits per heavy atom. The van der Waals surface area contributed by atoms with E-state index in [4.69, 9.17) is 11.6 Å². The summed E-state index contributed by atoms with van der Waals surface area (Å²) in [6, 6.07) is 13.3. The molecule has 0 aliphatic heterocycles. The smallest absolute Gasteiger partial charge is 0.251 e. The van der Waals surface area contributed by atoms with Crippen molar-refractivity contribution in [3.63, 3.8) is 0 Å².